The predicted molar refractivity (Wildman–Crippen MR) is 91.9 cm³/mol. The van der Waals surface area contributed by atoms with Gasteiger partial charge in [-0.15, -0.1) is 0 Å². The van der Waals surface area contributed by atoms with Crippen molar-refractivity contribution < 1.29 is 17.9 Å². The van der Waals surface area contributed by atoms with E-state index < -0.39 is 11.9 Å². The molecule has 0 saturated carbocycles. The number of rotatable bonds is 3. The first-order chi connectivity index (χ1) is 12.8. The minimum absolute atomic E-state index is 0.0235. The van der Waals surface area contributed by atoms with E-state index in [1.807, 2.05) is 18.1 Å². The van der Waals surface area contributed by atoms with E-state index in [1.165, 1.54) is 13.2 Å². The van der Waals surface area contributed by atoms with Crippen molar-refractivity contribution in [3.63, 3.8) is 0 Å². The molecule has 1 N–H and O–H groups in total. The molecular weight excluding hydrogens is 363 g/mol. The Kier molecular flexibility index (Phi) is 5.40. The molecule has 2 aromatic heterocycles. The molecule has 0 bridgehead atoms. The third kappa shape index (κ3) is 4.41. The molecular formula is C16H22F3N7O. The zero-order chi connectivity index (χ0) is 19.6. The predicted octanol–water partition coefficient (Wildman–Crippen LogP) is 1.32. The molecule has 3 rings (SSSR count). The quantitative estimate of drug-likeness (QED) is 0.637. The zero-order valence-electron chi connectivity index (χ0n) is 15.4. The maximum atomic E-state index is 13.1. The molecule has 1 aliphatic rings. The average Bonchev–Trinajstić information content (AvgIpc) is 3.21. The van der Waals surface area contributed by atoms with Crippen LogP contribution in [0.3, 0.4) is 0 Å². The van der Waals surface area contributed by atoms with E-state index in [0.717, 1.165) is 10.2 Å². The number of halogens is 3. The van der Waals surface area contributed by atoms with E-state index in [0.29, 0.717) is 25.7 Å². The molecule has 1 atom stereocenters. The number of nitrogens with one attached hydrogen (secondary N) is 1. The summed E-state index contributed by atoms with van der Waals surface area (Å²) in [5.74, 6) is 0.518. The molecule has 0 radical (unpaired) electrons. The normalized spacial score (nSPS) is 18.8. The lowest BCUT2D eigenvalue weighted by atomic mass is 10.1. The fourth-order valence-electron chi connectivity index (χ4n) is 3.06. The lowest BCUT2D eigenvalue weighted by Crippen LogP contribution is -2.48. The van der Waals surface area contributed by atoms with Crippen LogP contribution in [0.1, 0.15) is 22.9 Å². The van der Waals surface area contributed by atoms with E-state index in [2.05, 4.69) is 20.5 Å². The second-order valence-electron chi connectivity index (χ2n) is 6.33. The molecule has 1 fully saturated rings. The first-order valence-corrected chi connectivity index (χ1v) is 8.43. The van der Waals surface area contributed by atoms with Crippen molar-refractivity contribution in [2.24, 2.45) is 19.1 Å². The Hall–Kier alpha value is -2.56. The van der Waals surface area contributed by atoms with Crippen LogP contribution in [0.15, 0.2) is 23.6 Å². The maximum Gasteiger partial charge on any atom is 0.435 e. The largest absolute Gasteiger partial charge is 0.435 e. The van der Waals surface area contributed by atoms with Crippen molar-refractivity contribution in [2.45, 2.75) is 18.8 Å². The van der Waals surface area contributed by atoms with E-state index >= 15 is 0 Å². The maximum absolute atomic E-state index is 13.1. The second-order valence-corrected chi connectivity index (χ2v) is 6.33. The highest BCUT2D eigenvalue weighted by Crippen LogP contribution is 2.30. The van der Waals surface area contributed by atoms with Crippen LogP contribution in [0.25, 0.3) is 0 Å². The Bertz CT molecular complexity index is 811. The van der Waals surface area contributed by atoms with Crippen LogP contribution in [-0.2, 0) is 31.6 Å². The minimum atomic E-state index is -4.49. The molecule has 1 aliphatic heterocycles. The number of aliphatic imine (C=N–C) groups is 1. The number of aryl methyl sites for hydroxylation is 2. The van der Waals surface area contributed by atoms with Crippen LogP contribution in [0.4, 0.5) is 13.2 Å². The van der Waals surface area contributed by atoms with Crippen LogP contribution >= 0.6 is 0 Å². The molecule has 148 valence electrons. The van der Waals surface area contributed by atoms with Gasteiger partial charge in [0.2, 0.25) is 0 Å². The molecule has 8 nitrogen and oxygen atoms in total. The zero-order valence-corrected chi connectivity index (χ0v) is 15.4. The van der Waals surface area contributed by atoms with Crippen molar-refractivity contribution in [3.8, 4) is 0 Å². The van der Waals surface area contributed by atoms with E-state index in [-0.39, 0.29) is 18.2 Å². The molecule has 1 saturated heterocycles. The Morgan fingerprint density at radius 1 is 1.33 bits per heavy atom. The van der Waals surface area contributed by atoms with E-state index in [4.69, 9.17) is 4.74 Å². The Labute approximate surface area is 154 Å². The molecule has 0 amide bonds. The molecule has 2 aromatic rings. The molecule has 0 aliphatic carbocycles. The molecule has 1 unspecified atom stereocenters. The second kappa shape index (κ2) is 7.59. The number of hydrogen-bond acceptors (Lipinski definition) is 4. The summed E-state index contributed by atoms with van der Waals surface area (Å²) in [6.07, 6.45) is 0.327. The van der Waals surface area contributed by atoms with Gasteiger partial charge in [0.15, 0.2) is 11.7 Å². The van der Waals surface area contributed by atoms with Gasteiger partial charge in [0.05, 0.1) is 19.3 Å². The van der Waals surface area contributed by atoms with Gasteiger partial charge in [-0.3, -0.25) is 14.4 Å². The third-order valence-corrected chi connectivity index (χ3v) is 4.28. The van der Waals surface area contributed by atoms with Gasteiger partial charge in [-0.1, -0.05) is 0 Å². The SMILES string of the molecule is CN=C(NCc1cn(C)nc1C(F)(F)F)N1CCOC(c2cnn(C)c2)C1. The van der Waals surface area contributed by atoms with Crippen LogP contribution in [0.5, 0.6) is 0 Å². The molecule has 0 aromatic carbocycles. The first-order valence-electron chi connectivity index (χ1n) is 8.43. The number of aromatic nitrogens is 4. The summed E-state index contributed by atoms with van der Waals surface area (Å²) < 4.78 is 47.9. The third-order valence-electron chi connectivity index (χ3n) is 4.28. The van der Waals surface area contributed by atoms with Gasteiger partial charge in [0.1, 0.15) is 6.10 Å². The molecule has 3 heterocycles. The van der Waals surface area contributed by atoms with Gasteiger partial charge in [0.25, 0.3) is 0 Å². The van der Waals surface area contributed by atoms with Crippen molar-refractivity contribution >= 4 is 5.96 Å². The molecule has 0 spiro atoms. The fraction of sp³-hybridized carbons (Fsp3) is 0.562. The highest BCUT2D eigenvalue weighted by Gasteiger charge is 2.37. The van der Waals surface area contributed by atoms with Gasteiger partial charge in [-0.05, 0) is 0 Å². The Morgan fingerprint density at radius 3 is 2.74 bits per heavy atom. The van der Waals surface area contributed by atoms with Crippen LogP contribution < -0.4 is 5.32 Å². The van der Waals surface area contributed by atoms with Gasteiger partial charge in [-0.2, -0.15) is 23.4 Å². The number of ether oxygens (including phenoxy) is 1. The Morgan fingerprint density at radius 2 is 2.11 bits per heavy atom. The lowest BCUT2D eigenvalue weighted by Gasteiger charge is -2.34. The van der Waals surface area contributed by atoms with Gasteiger partial charge < -0.3 is 15.0 Å². The van der Waals surface area contributed by atoms with Crippen LogP contribution in [-0.4, -0.2) is 57.2 Å². The van der Waals surface area contributed by atoms with Crippen molar-refractivity contribution in [3.05, 3.63) is 35.4 Å². The monoisotopic (exact) mass is 385 g/mol. The summed E-state index contributed by atoms with van der Waals surface area (Å²) >= 11 is 0. The first kappa shape index (κ1) is 19.2. The summed E-state index contributed by atoms with van der Waals surface area (Å²) in [5, 5.41) is 10.7. The number of guanidine groups is 1. The summed E-state index contributed by atoms with van der Waals surface area (Å²) in [5.41, 5.74) is 0.135. The minimum Gasteiger partial charge on any atom is -0.370 e. The fourth-order valence-corrected chi connectivity index (χ4v) is 3.06. The van der Waals surface area contributed by atoms with Crippen LogP contribution in [0.2, 0.25) is 0 Å². The highest BCUT2D eigenvalue weighted by atomic mass is 19.4. The summed E-state index contributed by atoms with van der Waals surface area (Å²) in [6, 6.07) is 0. The van der Waals surface area contributed by atoms with E-state index in [9.17, 15) is 13.2 Å². The topological polar surface area (TPSA) is 72.5 Å². The lowest BCUT2D eigenvalue weighted by molar-refractivity contribution is -0.142. The summed E-state index contributed by atoms with van der Waals surface area (Å²) in [4.78, 5) is 6.17. The standard InChI is InChI=1S/C16H22F3N7O/c1-20-15(21-6-12-9-25(3)23-14(12)16(17,18)19)26-4-5-27-13(10-26)11-7-22-24(2)8-11/h7-9,13H,4-6,10H2,1-3H3,(H,20,21). The Balaban J connectivity index is 1.67. The highest BCUT2D eigenvalue weighted by molar-refractivity contribution is 5.80. The number of alkyl halides is 3. The van der Waals surface area contributed by atoms with Gasteiger partial charge >= 0.3 is 6.18 Å². The number of nitrogens with zero attached hydrogens (tertiary/aromatic N) is 6. The van der Waals surface area contributed by atoms with Crippen molar-refractivity contribution in [1.82, 2.24) is 29.8 Å². The smallest absolute Gasteiger partial charge is 0.370 e. The number of morpholine rings is 1. The summed E-state index contributed by atoms with van der Waals surface area (Å²) in [7, 11) is 4.90. The van der Waals surface area contributed by atoms with E-state index in [1.54, 1.807) is 17.9 Å². The van der Waals surface area contributed by atoms with Crippen molar-refractivity contribution in [1.29, 1.82) is 0 Å². The van der Waals surface area contributed by atoms with Gasteiger partial charge in [-0.25, -0.2) is 0 Å². The molecule has 11 heteroatoms. The average molecular weight is 385 g/mol. The summed E-state index contributed by atoms with van der Waals surface area (Å²) in [6.45, 7) is 1.59. The van der Waals surface area contributed by atoms with Crippen LogP contribution in [0, 0.1) is 0 Å². The number of hydrogen-bond donors (Lipinski definition) is 1. The van der Waals surface area contributed by atoms with Gasteiger partial charge in [0, 0.05) is 57.8 Å². The van der Waals surface area contributed by atoms with Crippen molar-refractivity contribution in [2.75, 3.05) is 26.7 Å². The molecule has 27 heavy (non-hydrogen) atoms.